The van der Waals surface area contributed by atoms with Crippen LogP contribution < -0.4 is 18.9 Å². The molecule has 2 aromatic rings. The van der Waals surface area contributed by atoms with E-state index in [1.165, 1.54) is 24.6 Å². The first-order valence-electron chi connectivity index (χ1n) is 8.40. The Hall–Kier alpha value is -2.45. The van der Waals surface area contributed by atoms with Crippen LogP contribution in [0.5, 0.6) is 23.0 Å². The van der Waals surface area contributed by atoms with Crippen molar-refractivity contribution in [2.75, 3.05) is 35.0 Å². The summed E-state index contributed by atoms with van der Waals surface area (Å²) in [6.45, 7) is 0.615. The lowest BCUT2D eigenvalue weighted by Gasteiger charge is -2.29. The van der Waals surface area contributed by atoms with E-state index < -0.39 is 10.0 Å². The predicted molar refractivity (Wildman–Crippen MR) is 100 cm³/mol. The van der Waals surface area contributed by atoms with Crippen LogP contribution in [0.3, 0.4) is 0 Å². The molecule has 3 rings (SSSR count). The third kappa shape index (κ3) is 3.54. The number of rotatable bonds is 6. The summed E-state index contributed by atoms with van der Waals surface area (Å²) in [4.78, 5) is 0.0910. The number of nitrogens with zero attached hydrogens (tertiary/aromatic N) is 1. The first kappa shape index (κ1) is 19.3. The summed E-state index contributed by atoms with van der Waals surface area (Å²) < 4.78 is 49.1. The molecule has 0 spiro atoms. The van der Waals surface area contributed by atoms with Gasteiger partial charge >= 0.3 is 0 Å². The van der Waals surface area contributed by atoms with Crippen molar-refractivity contribution in [2.45, 2.75) is 17.9 Å². The van der Waals surface area contributed by atoms with Crippen LogP contribution in [0, 0.1) is 0 Å². The van der Waals surface area contributed by atoms with E-state index in [-0.39, 0.29) is 17.2 Å². The van der Waals surface area contributed by atoms with Gasteiger partial charge in [0.05, 0.1) is 28.4 Å². The smallest absolute Gasteiger partial charge is 0.247 e. The number of hydrogen-bond donors (Lipinski definition) is 0. The largest absolute Gasteiger partial charge is 0.497 e. The first-order chi connectivity index (χ1) is 12.9. The number of ether oxygens (including phenoxy) is 4. The van der Waals surface area contributed by atoms with Gasteiger partial charge in [-0.3, -0.25) is 0 Å². The van der Waals surface area contributed by atoms with E-state index in [0.29, 0.717) is 30.2 Å². The van der Waals surface area contributed by atoms with Gasteiger partial charge in [0.15, 0.2) is 11.5 Å². The maximum atomic E-state index is 13.3. The first-order valence-corrected chi connectivity index (χ1v) is 9.84. The third-order valence-corrected chi connectivity index (χ3v) is 6.54. The number of fused-ring (bicyclic) bond motifs is 1. The quantitative estimate of drug-likeness (QED) is 0.751. The molecule has 0 N–H and O–H groups in total. The van der Waals surface area contributed by atoms with Gasteiger partial charge in [-0.1, -0.05) is 0 Å². The van der Waals surface area contributed by atoms with Crippen molar-refractivity contribution >= 4 is 10.0 Å². The van der Waals surface area contributed by atoms with E-state index in [9.17, 15) is 8.42 Å². The number of hydrogen-bond acceptors (Lipinski definition) is 6. The molecular weight excluding hydrogens is 370 g/mol. The lowest BCUT2D eigenvalue weighted by Crippen LogP contribution is -2.36. The van der Waals surface area contributed by atoms with Crippen molar-refractivity contribution in [1.29, 1.82) is 0 Å². The average Bonchev–Trinajstić information content (AvgIpc) is 2.71. The number of methoxy groups -OCH3 is 4. The van der Waals surface area contributed by atoms with E-state index >= 15 is 0 Å². The van der Waals surface area contributed by atoms with Gasteiger partial charge in [0.1, 0.15) is 16.4 Å². The summed E-state index contributed by atoms with van der Waals surface area (Å²) in [5, 5.41) is 0. The molecule has 0 bridgehead atoms. The highest BCUT2D eigenvalue weighted by Crippen LogP contribution is 2.36. The molecule has 0 amide bonds. The minimum Gasteiger partial charge on any atom is -0.497 e. The third-order valence-electron chi connectivity index (χ3n) is 4.67. The predicted octanol–water partition coefficient (Wildman–Crippen LogP) is 2.47. The second kappa shape index (κ2) is 7.66. The van der Waals surface area contributed by atoms with Crippen molar-refractivity contribution in [3.8, 4) is 23.0 Å². The average molecular weight is 393 g/mol. The number of benzene rings is 2. The topological polar surface area (TPSA) is 74.3 Å². The van der Waals surface area contributed by atoms with Crippen LogP contribution in [0.4, 0.5) is 0 Å². The van der Waals surface area contributed by atoms with Crippen LogP contribution in [0.2, 0.25) is 0 Å². The van der Waals surface area contributed by atoms with Gasteiger partial charge in [-0.15, -0.1) is 0 Å². The summed E-state index contributed by atoms with van der Waals surface area (Å²) in [6, 6.07) is 8.49. The van der Waals surface area contributed by atoms with Crippen molar-refractivity contribution in [3.05, 3.63) is 41.5 Å². The fourth-order valence-corrected chi connectivity index (χ4v) is 4.78. The molecule has 27 heavy (non-hydrogen) atoms. The molecule has 0 radical (unpaired) electrons. The summed E-state index contributed by atoms with van der Waals surface area (Å²) in [7, 11) is 2.32. The zero-order chi connectivity index (χ0) is 19.6. The Kier molecular flexibility index (Phi) is 5.48. The monoisotopic (exact) mass is 393 g/mol. The molecule has 0 atom stereocenters. The van der Waals surface area contributed by atoms with E-state index in [1.54, 1.807) is 26.4 Å². The summed E-state index contributed by atoms with van der Waals surface area (Å²) in [6.07, 6.45) is 0.585. The number of sulfonamides is 1. The van der Waals surface area contributed by atoms with Crippen LogP contribution in [-0.2, 0) is 23.0 Å². The van der Waals surface area contributed by atoms with Crippen LogP contribution in [0.15, 0.2) is 35.2 Å². The molecule has 2 aromatic carbocycles. The highest BCUT2D eigenvalue weighted by molar-refractivity contribution is 7.89. The van der Waals surface area contributed by atoms with Crippen molar-refractivity contribution in [2.24, 2.45) is 0 Å². The van der Waals surface area contributed by atoms with E-state index in [2.05, 4.69) is 0 Å². The molecule has 1 heterocycles. The molecule has 0 fully saturated rings. The fraction of sp³-hybridized carbons (Fsp3) is 0.368. The SMILES string of the molecule is COc1ccc(OC)c(S(=O)(=O)N2CCc3cc(OC)c(OC)cc3C2)c1. The summed E-state index contributed by atoms with van der Waals surface area (Å²) >= 11 is 0. The Morgan fingerprint density at radius 3 is 2.04 bits per heavy atom. The van der Waals surface area contributed by atoms with E-state index in [1.807, 2.05) is 12.1 Å². The lowest BCUT2D eigenvalue weighted by atomic mass is 10.0. The van der Waals surface area contributed by atoms with Crippen molar-refractivity contribution in [3.63, 3.8) is 0 Å². The Bertz CT molecular complexity index is 941. The molecule has 1 aliphatic rings. The van der Waals surface area contributed by atoms with Crippen LogP contribution in [0.25, 0.3) is 0 Å². The van der Waals surface area contributed by atoms with Gasteiger partial charge in [-0.05, 0) is 41.8 Å². The van der Waals surface area contributed by atoms with Crippen molar-refractivity contribution in [1.82, 2.24) is 4.31 Å². The minimum absolute atomic E-state index is 0.0910. The molecule has 1 aliphatic heterocycles. The minimum atomic E-state index is -3.76. The van der Waals surface area contributed by atoms with Gasteiger partial charge in [0.25, 0.3) is 0 Å². The summed E-state index contributed by atoms with van der Waals surface area (Å²) in [5.41, 5.74) is 1.95. The second-order valence-corrected chi connectivity index (χ2v) is 7.99. The van der Waals surface area contributed by atoms with E-state index in [4.69, 9.17) is 18.9 Å². The molecule has 8 heteroatoms. The molecule has 146 valence electrons. The molecular formula is C19H23NO6S. The highest BCUT2D eigenvalue weighted by Gasteiger charge is 2.32. The Morgan fingerprint density at radius 2 is 1.44 bits per heavy atom. The second-order valence-electron chi connectivity index (χ2n) is 6.08. The van der Waals surface area contributed by atoms with Gasteiger partial charge in [-0.2, -0.15) is 4.31 Å². The molecule has 0 aliphatic carbocycles. The maximum absolute atomic E-state index is 13.3. The van der Waals surface area contributed by atoms with Gasteiger partial charge in [0.2, 0.25) is 10.0 Å². The van der Waals surface area contributed by atoms with Gasteiger partial charge in [0, 0.05) is 19.2 Å². The van der Waals surface area contributed by atoms with Crippen LogP contribution in [-0.4, -0.2) is 47.7 Å². The van der Waals surface area contributed by atoms with Crippen molar-refractivity contribution < 1.29 is 27.4 Å². The van der Waals surface area contributed by atoms with Crippen LogP contribution in [0.1, 0.15) is 11.1 Å². The van der Waals surface area contributed by atoms with Crippen LogP contribution >= 0.6 is 0 Å². The zero-order valence-electron chi connectivity index (χ0n) is 15.8. The van der Waals surface area contributed by atoms with Gasteiger partial charge < -0.3 is 18.9 Å². The molecule has 7 nitrogen and oxygen atoms in total. The standard InChI is InChI=1S/C19H23NO6S/c1-23-15-5-6-16(24-2)19(11-15)27(21,22)20-8-7-13-9-17(25-3)18(26-4)10-14(13)12-20/h5-6,9-11H,7-8,12H2,1-4H3. The zero-order valence-corrected chi connectivity index (χ0v) is 16.6. The lowest BCUT2D eigenvalue weighted by molar-refractivity contribution is 0.347. The highest BCUT2D eigenvalue weighted by atomic mass is 32.2. The normalized spacial score (nSPS) is 14.4. The maximum Gasteiger partial charge on any atom is 0.247 e. The summed E-state index contributed by atoms with van der Waals surface area (Å²) in [5.74, 6) is 1.96. The Balaban J connectivity index is 1.99. The molecule has 0 unspecified atom stereocenters. The fourth-order valence-electron chi connectivity index (χ4n) is 3.19. The Labute approximate surface area is 159 Å². The van der Waals surface area contributed by atoms with E-state index in [0.717, 1.165) is 11.1 Å². The van der Waals surface area contributed by atoms with Gasteiger partial charge in [-0.25, -0.2) is 8.42 Å². The molecule has 0 aromatic heterocycles. The molecule has 0 saturated carbocycles. The molecule has 0 saturated heterocycles. The Morgan fingerprint density at radius 1 is 0.815 bits per heavy atom.